The van der Waals surface area contributed by atoms with Gasteiger partial charge in [-0.05, 0) is 49.4 Å². The Kier molecular flexibility index (Phi) is 4.33. The summed E-state index contributed by atoms with van der Waals surface area (Å²) in [6.45, 7) is 2.02. The number of carbonyl (C=O) groups excluding carboxylic acids is 1. The molecule has 25 heavy (non-hydrogen) atoms. The Hall–Kier alpha value is -2.51. The van der Waals surface area contributed by atoms with Crippen molar-refractivity contribution in [1.29, 1.82) is 0 Å². The number of hydrogen-bond acceptors (Lipinski definition) is 5. The molecule has 1 aliphatic heterocycles. The van der Waals surface area contributed by atoms with E-state index < -0.39 is 11.5 Å². The highest BCUT2D eigenvalue weighted by Crippen LogP contribution is 2.31. The maximum Gasteiger partial charge on any atom is 0.263 e. The van der Waals surface area contributed by atoms with E-state index in [4.69, 9.17) is 0 Å². The molecule has 0 bridgehead atoms. The molecule has 3 N–H and O–H groups in total. The van der Waals surface area contributed by atoms with E-state index in [0.29, 0.717) is 16.6 Å². The Labute approximate surface area is 148 Å². The first kappa shape index (κ1) is 16.0. The fraction of sp³-hybridized carbons (Fsp3) is 0.278. The molecule has 2 aromatic heterocycles. The number of thiazole rings is 1. The molecule has 0 radical (unpaired) electrons. The van der Waals surface area contributed by atoms with E-state index in [1.807, 2.05) is 30.5 Å². The maximum absolute atomic E-state index is 12.5. The van der Waals surface area contributed by atoms with Gasteiger partial charge in [0.05, 0.1) is 0 Å². The lowest BCUT2D eigenvalue weighted by Gasteiger charge is -2.20. The van der Waals surface area contributed by atoms with Gasteiger partial charge < -0.3 is 10.3 Å². The molecule has 0 saturated carbocycles. The summed E-state index contributed by atoms with van der Waals surface area (Å²) in [5.41, 5.74) is 0.412. The number of hydrogen-bond donors (Lipinski definition) is 3. The number of anilines is 1. The molecule has 3 heterocycles. The second kappa shape index (κ2) is 6.78. The number of para-hydroxylation sites is 1. The Morgan fingerprint density at radius 2 is 2.04 bits per heavy atom. The monoisotopic (exact) mass is 354 g/mol. The molecule has 1 aliphatic rings. The van der Waals surface area contributed by atoms with Gasteiger partial charge in [0.2, 0.25) is 0 Å². The normalized spacial score (nSPS) is 15.4. The van der Waals surface area contributed by atoms with Crippen molar-refractivity contribution < 1.29 is 4.79 Å². The van der Waals surface area contributed by atoms with E-state index in [0.717, 1.165) is 31.3 Å². The third-order valence-corrected chi connectivity index (χ3v) is 5.56. The van der Waals surface area contributed by atoms with Crippen LogP contribution in [0.4, 0.5) is 5.13 Å². The molecule has 0 spiro atoms. The summed E-state index contributed by atoms with van der Waals surface area (Å²) in [7, 11) is 0. The number of aromatic nitrogens is 2. The molecule has 0 aliphatic carbocycles. The van der Waals surface area contributed by atoms with Gasteiger partial charge in [-0.25, -0.2) is 4.98 Å². The SMILES string of the molecule is O=C(Nc1ncc(C2CCNCC2)s1)c1cc2ccccc2[nH]c1=O. The van der Waals surface area contributed by atoms with Crippen molar-refractivity contribution in [2.24, 2.45) is 0 Å². The summed E-state index contributed by atoms with van der Waals surface area (Å²) in [6, 6.07) is 9.00. The van der Waals surface area contributed by atoms with Gasteiger partial charge in [0.25, 0.3) is 11.5 Å². The number of benzene rings is 1. The van der Waals surface area contributed by atoms with Crippen molar-refractivity contribution >= 4 is 33.3 Å². The standard InChI is InChI=1S/C18H18N4O2S/c23-16-13(9-12-3-1-2-4-14(12)21-16)17(24)22-18-20-10-15(25-18)11-5-7-19-8-6-11/h1-4,9-11,19H,5-8H2,(H,21,23)(H,20,22,24). The first-order valence-corrected chi connectivity index (χ1v) is 9.12. The molecular formula is C18H18N4O2S. The number of piperidine rings is 1. The maximum atomic E-state index is 12.5. The quantitative estimate of drug-likeness (QED) is 0.675. The summed E-state index contributed by atoms with van der Waals surface area (Å²) >= 11 is 1.49. The summed E-state index contributed by atoms with van der Waals surface area (Å²) < 4.78 is 0. The second-order valence-electron chi connectivity index (χ2n) is 6.15. The minimum atomic E-state index is -0.432. The predicted molar refractivity (Wildman–Crippen MR) is 99.5 cm³/mol. The van der Waals surface area contributed by atoms with Crippen LogP contribution in [0.5, 0.6) is 0 Å². The fourth-order valence-corrected chi connectivity index (χ4v) is 4.10. The molecule has 4 rings (SSSR count). The van der Waals surface area contributed by atoms with Gasteiger partial charge in [0, 0.05) is 16.6 Å². The third-order valence-electron chi connectivity index (χ3n) is 4.48. The molecule has 7 heteroatoms. The van der Waals surface area contributed by atoms with Gasteiger partial charge >= 0.3 is 0 Å². The lowest BCUT2D eigenvalue weighted by atomic mass is 9.97. The molecule has 0 atom stereocenters. The predicted octanol–water partition coefficient (Wildman–Crippen LogP) is 2.70. The van der Waals surface area contributed by atoms with Gasteiger partial charge in [-0.15, -0.1) is 11.3 Å². The molecule has 1 amide bonds. The van der Waals surface area contributed by atoms with Crippen LogP contribution in [0.25, 0.3) is 10.9 Å². The van der Waals surface area contributed by atoms with Crippen LogP contribution in [0.1, 0.15) is 34.0 Å². The number of carbonyl (C=O) groups is 1. The summed E-state index contributed by atoms with van der Waals surface area (Å²) in [5.74, 6) is 0.0617. The molecule has 6 nitrogen and oxygen atoms in total. The zero-order valence-corrected chi connectivity index (χ0v) is 14.4. The number of rotatable bonds is 3. The van der Waals surface area contributed by atoms with Crippen LogP contribution in [0, 0.1) is 0 Å². The highest BCUT2D eigenvalue weighted by Gasteiger charge is 2.19. The van der Waals surface area contributed by atoms with Crippen molar-refractivity contribution in [3.63, 3.8) is 0 Å². The number of amides is 1. The Bertz CT molecular complexity index is 972. The molecule has 1 saturated heterocycles. The van der Waals surface area contributed by atoms with Crippen molar-refractivity contribution in [3.05, 3.63) is 57.3 Å². The lowest BCUT2D eigenvalue weighted by molar-refractivity contribution is 0.102. The second-order valence-corrected chi connectivity index (χ2v) is 7.21. The van der Waals surface area contributed by atoms with Crippen molar-refractivity contribution in [2.75, 3.05) is 18.4 Å². The van der Waals surface area contributed by atoms with E-state index in [1.165, 1.54) is 16.2 Å². The zero-order chi connectivity index (χ0) is 17.2. The van der Waals surface area contributed by atoms with Crippen LogP contribution in [0.15, 0.2) is 41.3 Å². The minimum Gasteiger partial charge on any atom is -0.321 e. The zero-order valence-electron chi connectivity index (χ0n) is 13.5. The molecule has 1 fully saturated rings. The van der Waals surface area contributed by atoms with Crippen molar-refractivity contribution in [1.82, 2.24) is 15.3 Å². The van der Waals surface area contributed by atoms with Crippen LogP contribution < -0.4 is 16.2 Å². The van der Waals surface area contributed by atoms with Gasteiger partial charge in [0.15, 0.2) is 5.13 Å². The molecular weight excluding hydrogens is 336 g/mol. The largest absolute Gasteiger partial charge is 0.321 e. The number of fused-ring (bicyclic) bond motifs is 1. The van der Waals surface area contributed by atoms with Gasteiger partial charge in [-0.1, -0.05) is 18.2 Å². The topological polar surface area (TPSA) is 86.9 Å². The summed E-state index contributed by atoms with van der Waals surface area (Å²) in [6.07, 6.45) is 4.00. The van der Waals surface area contributed by atoms with E-state index in [-0.39, 0.29) is 5.56 Å². The van der Waals surface area contributed by atoms with E-state index in [2.05, 4.69) is 20.6 Å². The Morgan fingerprint density at radius 1 is 1.24 bits per heavy atom. The van der Waals surface area contributed by atoms with Crippen LogP contribution in [-0.2, 0) is 0 Å². The molecule has 0 unspecified atom stereocenters. The fourth-order valence-electron chi connectivity index (χ4n) is 3.12. The van der Waals surface area contributed by atoms with Gasteiger partial charge in [-0.2, -0.15) is 0 Å². The Morgan fingerprint density at radius 3 is 2.88 bits per heavy atom. The van der Waals surface area contributed by atoms with Crippen molar-refractivity contribution in [3.8, 4) is 0 Å². The lowest BCUT2D eigenvalue weighted by Crippen LogP contribution is -2.26. The number of nitrogens with zero attached hydrogens (tertiary/aromatic N) is 1. The van der Waals surface area contributed by atoms with E-state index in [1.54, 1.807) is 6.07 Å². The van der Waals surface area contributed by atoms with Crippen molar-refractivity contribution in [2.45, 2.75) is 18.8 Å². The smallest absolute Gasteiger partial charge is 0.263 e. The van der Waals surface area contributed by atoms with E-state index in [9.17, 15) is 9.59 Å². The van der Waals surface area contributed by atoms with Gasteiger partial charge in [0.1, 0.15) is 5.56 Å². The number of aromatic amines is 1. The number of H-pyrrole nitrogens is 1. The average molecular weight is 354 g/mol. The summed E-state index contributed by atoms with van der Waals surface area (Å²) in [4.78, 5) is 32.9. The average Bonchev–Trinajstić information content (AvgIpc) is 3.10. The van der Waals surface area contributed by atoms with Crippen LogP contribution >= 0.6 is 11.3 Å². The summed E-state index contributed by atoms with van der Waals surface area (Å²) in [5, 5.41) is 7.45. The van der Waals surface area contributed by atoms with Crippen LogP contribution in [0.2, 0.25) is 0 Å². The molecule has 1 aromatic carbocycles. The number of nitrogens with one attached hydrogen (secondary N) is 3. The van der Waals surface area contributed by atoms with Crippen LogP contribution in [-0.4, -0.2) is 29.0 Å². The van der Waals surface area contributed by atoms with E-state index >= 15 is 0 Å². The Balaban J connectivity index is 1.55. The third kappa shape index (κ3) is 3.33. The van der Waals surface area contributed by atoms with Gasteiger partial charge in [-0.3, -0.25) is 14.9 Å². The number of pyridine rings is 1. The first-order valence-electron chi connectivity index (χ1n) is 8.30. The first-order chi connectivity index (χ1) is 12.2. The highest BCUT2D eigenvalue weighted by atomic mass is 32.1. The molecule has 128 valence electrons. The molecule has 3 aromatic rings. The van der Waals surface area contributed by atoms with Crippen LogP contribution in [0.3, 0.4) is 0 Å². The highest BCUT2D eigenvalue weighted by molar-refractivity contribution is 7.15. The minimum absolute atomic E-state index is 0.0947.